The first-order chi connectivity index (χ1) is 3.55. The lowest BCUT2D eigenvalue weighted by molar-refractivity contribution is -0.0311. The van der Waals surface area contributed by atoms with Crippen LogP contribution in [0.25, 0.3) is 0 Å². The monoisotopic (exact) mass is 120 g/mol. The second-order valence-electron chi connectivity index (χ2n) is 1.08. The fourth-order valence-electron chi connectivity index (χ4n) is 0.118. The number of hydrogen-bond acceptors (Lipinski definition) is 5. The molecule has 0 aliphatic rings. The lowest BCUT2D eigenvalue weighted by atomic mass is 11.0. The van der Waals surface area contributed by atoms with Crippen molar-refractivity contribution >= 4 is 5.96 Å². The lowest BCUT2D eigenvalue weighted by Gasteiger charge is -2.15. The zero-order valence-corrected chi connectivity index (χ0v) is 4.07. The topological polar surface area (TPSA) is 129 Å². The third-order valence-electron chi connectivity index (χ3n) is 0.462. The predicted octanol–water partition coefficient (Wildman–Crippen LogP) is -2.46. The van der Waals surface area contributed by atoms with Crippen molar-refractivity contribution in [1.29, 1.82) is 5.41 Å². The van der Waals surface area contributed by atoms with Gasteiger partial charge in [-0.15, -0.1) is 0 Å². The molecule has 0 amide bonds. The summed E-state index contributed by atoms with van der Waals surface area (Å²) in [5.41, 5.74) is 0. The van der Waals surface area contributed by atoms with Gasteiger partial charge in [0.25, 0.3) is 5.96 Å². The highest BCUT2D eigenvalue weighted by atomic mass is 16.5. The van der Waals surface area contributed by atoms with E-state index >= 15 is 0 Å². The minimum Gasteiger partial charge on any atom is -0.270 e. The molecular formula is CH8N6O. The number of hydrazine groups is 3. The molecule has 0 aromatic carbocycles. The van der Waals surface area contributed by atoms with Gasteiger partial charge in [-0.1, -0.05) is 0 Å². The van der Waals surface area contributed by atoms with Crippen LogP contribution in [0.15, 0.2) is 0 Å². The second kappa shape index (κ2) is 2.43. The quantitative estimate of drug-likeness (QED) is 0.104. The van der Waals surface area contributed by atoms with Crippen molar-refractivity contribution in [3.63, 3.8) is 0 Å². The molecule has 0 saturated heterocycles. The summed E-state index contributed by atoms with van der Waals surface area (Å²) in [7, 11) is 0. The molecule has 0 unspecified atom stereocenters. The van der Waals surface area contributed by atoms with E-state index in [4.69, 9.17) is 22.3 Å². The summed E-state index contributed by atoms with van der Waals surface area (Å²) in [5, 5.41) is 15.2. The molecule has 0 aromatic rings. The molecular weight excluding hydrogens is 112 g/mol. The Labute approximate surface area is 45.6 Å². The van der Waals surface area contributed by atoms with Gasteiger partial charge in [0.05, 0.1) is 0 Å². The number of rotatable bonds is 0. The third kappa shape index (κ3) is 1.71. The summed E-state index contributed by atoms with van der Waals surface area (Å²) < 4.78 is 0. The van der Waals surface area contributed by atoms with Crippen LogP contribution < -0.4 is 17.5 Å². The molecule has 0 fully saturated rings. The molecule has 0 saturated carbocycles. The van der Waals surface area contributed by atoms with Gasteiger partial charge >= 0.3 is 0 Å². The molecule has 0 rings (SSSR count). The van der Waals surface area contributed by atoms with Gasteiger partial charge in [0.2, 0.25) is 0 Å². The van der Waals surface area contributed by atoms with Crippen molar-refractivity contribution in [2.24, 2.45) is 17.5 Å². The third-order valence-corrected chi connectivity index (χ3v) is 0.462. The van der Waals surface area contributed by atoms with Crippen LogP contribution in [0.1, 0.15) is 0 Å². The van der Waals surface area contributed by atoms with Crippen molar-refractivity contribution in [3.05, 3.63) is 0 Å². The zero-order valence-electron chi connectivity index (χ0n) is 4.07. The van der Waals surface area contributed by atoms with Gasteiger partial charge in [-0.25, -0.2) is 22.6 Å². The van der Waals surface area contributed by atoms with Gasteiger partial charge in [-0.05, 0) is 0 Å². The van der Waals surface area contributed by atoms with E-state index in [9.17, 15) is 0 Å². The van der Waals surface area contributed by atoms with Crippen molar-refractivity contribution < 1.29 is 5.21 Å². The van der Waals surface area contributed by atoms with Crippen LogP contribution in [0.3, 0.4) is 0 Å². The molecule has 7 nitrogen and oxygen atoms in total. The van der Waals surface area contributed by atoms with Crippen LogP contribution in [0, 0.1) is 5.41 Å². The fraction of sp³-hybridized carbons (Fsp3) is 0. The molecule has 8 heavy (non-hydrogen) atoms. The van der Waals surface area contributed by atoms with E-state index in [0.29, 0.717) is 5.12 Å². The Bertz CT molecular complexity index is 76.5. The number of nitrogens with one attached hydrogen (secondary N) is 1. The molecule has 0 heterocycles. The predicted molar refractivity (Wildman–Crippen MR) is 25.8 cm³/mol. The van der Waals surface area contributed by atoms with Gasteiger partial charge in [-0.3, -0.25) is 10.6 Å². The first-order valence-electron chi connectivity index (χ1n) is 1.67. The lowest BCUT2D eigenvalue weighted by Crippen LogP contribution is -2.52. The maximum absolute atomic E-state index is 8.18. The first-order valence-corrected chi connectivity index (χ1v) is 1.67. The van der Waals surface area contributed by atoms with Crippen molar-refractivity contribution in [3.8, 4) is 0 Å². The maximum Gasteiger partial charge on any atom is 0.263 e. The molecule has 0 aliphatic carbocycles. The smallest absolute Gasteiger partial charge is 0.263 e. The number of hydrogen-bond donors (Lipinski definition) is 5. The summed E-state index contributed by atoms with van der Waals surface area (Å²) in [4.78, 5) is 0. The Balaban J connectivity index is 3.65. The first kappa shape index (κ1) is 7.11. The largest absolute Gasteiger partial charge is 0.270 e. The molecule has 0 spiro atoms. The van der Waals surface area contributed by atoms with Crippen LogP contribution in [-0.4, -0.2) is 21.5 Å². The number of hydroxylamine groups is 1. The SMILES string of the molecule is N=C(N(N)N)N(N)O. The average Bonchev–Trinajstić information content (AvgIpc) is 1.64. The van der Waals surface area contributed by atoms with E-state index in [1.54, 1.807) is 0 Å². The van der Waals surface area contributed by atoms with Crippen molar-refractivity contribution in [2.75, 3.05) is 0 Å². The zero-order chi connectivity index (χ0) is 6.73. The van der Waals surface area contributed by atoms with E-state index in [0.717, 1.165) is 0 Å². The Kier molecular flexibility index (Phi) is 2.16. The highest BCUT2D eigenvalue weighted by Crippen LogP contribution is 1.70. The fourth-order valence-corrected chi connectivity index (χ4v) is 0.118. The summed E-state index contributed by atoms with van der Waals surface area (Å²) in [6.07, 6.45) is 0. The Morgan fingerprint density at radius 3 is 1.75 bits per heavy atom. The minimum atomic E-state index is -0.593. The van der Waals surface area contributed by atoms with E-state index in [2.05, 4.69) is 5.84 Å². The van der Waals surface area contributed by atoms with E-state index in [1.165, 1.54) is 0 Å². The van der Waals surface area contributed by atoms with Crippen LogP contribution in [0.2, 0.25) is 0 Å². The Hall–Kier alpha value is -0.890. The molecule has 0 aliphatic heterocycles. The highest BCUT2D eigenvalue weighted by molar-refractivity contribution is 5.73. The molecule has 48 valence electrons. The van der Waals surface area contributed by atoms with E-state index in [1.807, 2.05) is 0 Å². The number of nitrogens with zero attached hydrogens (tertiary/aromatic N) is 2. The number of guanidine groups is 1. The standard InChI is InChI=1S/CH8N6O/c2-1(6(3)4)7(5)8/h2,8H,3-5H2. The summed E-state index contributed by atoms with van der Waals surface area (Å²) in [6, 6.07) is 0. The molecule has 7 heteroatoms. The van der Waals surface area contributed by atoms with Gasteiger partial charge in [-0.2, -0.15) is 5.17 Å². The molecule has 0 bridgehead atoms. The average molecular weight is 120 g/mol. The van der Waals surface area contributed by atoms with Gasteiger partial charge < -0.3 is 0 Å². The Morgan fingerprint density at radius 2 is 1.75 bits per heavy atom. The van der Waals surface area contributed by atoms with Crippen LogP contribution in [0.5, 0.6) is 0 Å². The summed E-state index contributed by atoms with van der Waals surface area (Å²) in [5.74, 6) is 13.5. The molecule has 0 atom stereocenters. The van der Waals surface area contributed by atoms with Gasteiger partial charge in [0, 0.05) is 0 Å². The van der Waals surface area contributed by atoms with Crippen LogP contribution >= 0.6 is 0 Å². The second-order valence-corrected chi connectivity index (χ2v) is 1.08. The van der Waals surface area contributed by atoms with Crippen LogP contribution in [0.4, 0.5) is 0 Å². The van der Waals surface area contributed by atoms with Gasteiger partial charge in [0.15, 0.2) is 0 Å². The van der Waals surface area contributed by atoms with Crippen molar-refractivity contribution in [2.45, 2.75) is 0 Å². The Morgan fingerprint density at radius 1 is 1.38 bits per heavy atom. The highest BCUT2D eigenvalue weighted by Gasteiger charge is 2.02. The minimum absolute atomic E-state index is 0. The van der Waals surface area contributed by atoms with E-state index < -0.39 is 5.96 Å². The molecule has 0 radical (unpaired) electrons. The van der Waals surface area contributed by atoms with Gasteiger partial charge in [0.1, 0.15) is 0 Å². The summed E-state index contributed by atoms with van der Waals surface area (Å²) in [6.45, 7) is 0. The molecule has 8 N–H and O–H groups in total. The van der Waals surface area contributed by atoms with Crippen molar-refractivity contribution in [1.82, 2.24) is 10.3 Å². The normalized spacial score (nSPS) is 8.50. The maximum atomic E-state index is 8.18. The van der Waals surface area contributed by atoms with E-state index in [-0.39, 0.29) is 5.17 Å². The van der Waals surface area contributed by atoms with Crippen LogP contribution in [-0.2, 0) is 0 Å². The molecule has 0 aromatic heterocycles. The number of nitrogens with two attached hydrogens (primary N) is 3. The summed E-state index contributed by atoms with van der Waals surface area (Å²) >= 11 is 0.